The molecule has 0 aromatic heterocycles. The Morgan fingerprint density at radius 1 is 1.11 bits per heavy atom. The second-order valence-corrected chi connectivity index (χ2v) is 5.17. The first-order valence-corrected chi connectivity index (χ1v) is 6.58. The number of hydrogen-bond donors (Lipinski definition) is 1. The van der Waals surface area contributed by atoms with Crippen molar-refractivity contribution < 1.29 is 8.78 Å². The quantitative estimate of drug-likeness (QED) is 0.821. The molecule has 0 heterocycles. The topological polar surface area (TPSA) is 12.0 Å². The molecule has 0 aliphatic carbocycles. The van der Waals surface area contributed by atoms with Crippen LogP contribution in [0.25, 0.3) is 0 Å². The molecule has 1 nitrogen and oxygen atoms in total. The van der Waals surface area contributed by atoms with Gasteiger partial charge in [-0.1, -0.05) is 24.3 Å². The number of halogens is 3. The van der Waals surface area contributed by atoms with Crippen molar-refractivity contribution in [3.63, 3.8) is 0 Å². The standard InChI is InChI=1S/C14H12F2IN/c1-18-14(9-4-2-5-10(17)8-9)11-6-3-7-12(15)13(11)16/h2-8,14,18H,1H3. The van der Waals surface area contributed by atoms with Crippen LogP contribution in [-0.4, -0.2) is 7.05 Å². The summed E-state index contributed by atoms with van der Waals surface area (Å²) < 4.78 is 28.1. The Bertz CT molecular complexity index is 557. The van der Waals surface area contributed by atoms with Gasteiger partial charge in [-0.25, -0.2) is 8.78 Å². The molecule has 1 atom stereocenters. The second-order valence-electron chi connectivity index (χ2n) is 3.92. The van der Waals surface area contributed by atoms with E-state index in [0.717, 1.165) is 15.2 Å². The van der Waals surface area contributed by atoms with Gasteiger partial charge in [0.15, 0.2) is 11.6 Å². The molecule has 0 radical (unpaired) electrons. The van der Waals surface area contributed by atoms with Gasteiger partial charge in [-0.2, -0.15) is 0 Å². The van der Waals surface area contributed by atoms with Crippen LogP contribution in [0.1, 0.15) is 17.2 Å². The van der Waals surface area contributed by atoms with Crippen molar-refractivity contribution in [3.8, 4) is 0 Å². The summed E-state index contributed by atoms with van der Waals surface area (Å²) >= 11 is 2.19. The van der Waals surface area contributed by atoms with Crippen LogP contribution in [-0.2, 0) is 0 Å². The molecule has 18 heavy (non-hydrogen) atoms. The fraction of sp³-hybridized carbons (Fsp3) is 0.143. The maximum atomic E-state index is 13.8. The third kappa shape index (κ3) is 2.70. The van der Waals surface area contributed by atoms with Crippen LogP contribution in [0.3, 0.4) is 0 Å². The predicted molar refractivity (Wildman–Crippen MR) is 76.4 cm³/mol. The van der Waals surface area contributed by atoms with Gasteiger partial charge in [0.1, 0.15) is 0 Å². The predicted octanol–water partition coefficient (Wildman–Crippen LogP) is 3.88. The molecule has 2 aromatic rings. The molecule has 2 aromatic carbocycles. The summed E-state index contributed by atoms with van der Waals surface area (Å²) in [4.78, 5) is 0. The highest BCUT2D eigenvalue weighted by Crippen LogP contribution is 2.26. The van der Waals surface area contributed by atoms with Gasteiger partial charge in [-0.3, -0.25) is 0 Å². The van der Waals surface area contributed by atoms with Gasteiger partial charge in [0.05, 0.1) is 6.04 Å². The van der Waals surface area contributed by atoms with Crippen LogP contribution in [0.5, 0.6) is 0 Å². The van der Waals surface area contributed by atoms with E-state index in [2.05, 4.69) is 27.9 Å². The van der Waals surface area contributed by atoms with Crippen molar-refractivity contribution in [2.45, 2.75) is 6.04 Å². The molecule has 0 bridgehead atoms. The minimum atomic E-state index is -0.821. The minimum Gasteiger partial charge on any atom is -0.309 e. The fourth-order valence-electron chi connectivity index (χ4n) is 1.93. The number of hydrogen-bond acceptors (Lipinski definition) is 1. The van der Waals surface area contributed by atoms with E-state index in [0.29, 0.717) is 5.56 Å². The largest absolute Gasteiger partial charge is 0.309 e. The fourth-order valence-corrected chi connectivity index (χ4v) is 2.50. The summed E-state index contributed by atoms with van der Waals surface area (Å²) in [5.41, 5.74) is 1.23. The van der Waals surface area contributed by atoms with Crippen molar-refractivity contribution in [2.75, 3.05) is 7.05 Å². The molecule has 1 unspecified atom stereocenters. The van der Waals surface area contributed by atoms with Crippen LogP contribution in [0.4, 0.5) is 8.78 Å². The summed E-state index contributed by atoms with van der Waals surface area (Å²) in [5.74, 6) is -1.62. The van der Waals surface area contributed by atoms with Gasteiger partial charge < -0.3 is 5.32 Å². The Balaban J connectivity index is 2.49. The van der Waals surface area contributed by atoms with E-state index in [1.165, 1.54) is 6.07 Å². The van der Waals surface area contributed by atoms with E-state index in [1.807, 2.05) is 24.3 Å². The Morgan fingerprint density at radius 2 is 1.83 bits per heavy atom. The highest BCUT2D eigenvalue weighted by Gasteiger charge is 2.18. The summed E-state index contributed by atoms with van der Waals surface area (Å²) in [7, 11) is 1.73. The Morgan fingerprint density at radius 3 is 2.50 bits per heavy atom. The molecule has 94 valence electrons. The molecule has 0 aliphatic heterocycles. The average Bonchev–Trinajstić information content (AvgIpc) is 2.35. The van der Waals surface area contributed by atoms with Crippen molar-refractivity contribution in [1.82, 2.24) is 5.32 Å². The molecule has 1 N–H and O–H groups in total. The van der Waals surface area contributed by atoms with Gasteiger partial charge >= 0.3 is 0 Å². The lowest BCUT2D eigenvalue weighted by Crippen LogP contribution is -2.19. The third-order valence-corrected chi connectivity index (χ3v) is 3.43. The monoisotopic (exact) mass is 359 g/mol. The molecule has 0 amide bonds. The lowest BCUT2D eigenvalue weighted by molar-refractivity contribution is 0.487. The highest BCUT2D eigenvalue weighted by atomic mass is 127. The van der Waals surface area contributed by atoms with E-state index in [9.17, 15) is 8.78 Å². The van der Waals surface area contributed by atoms with Gasteiger partial charge in [0.2, 0.25) is 0 Å². The summed E-state index contributed by atoms with van der Waals surface area (Å²) in [6, 6.07) is 11.6. The maximum Gasteiger partial charge on any atom is 0.163 e. The van der Waals surface area contributed by atoms with E-state index in [-0.39, 0.29) is 6.04 Å². The Labute approximate surface area is 118 Å². The third-order valence-electron chi connectivity index (χ3n) is 2.76. The van der Waals surface area contributed by atoms with E-state index in [4.69, 9.17) is 0 Å². The second kappa shape index (κ2) is 5.75. The first kappa shape index (κ1) is 13.4. The van der Waals surface area contributed by atoms with Gasteiger partial charge in [-0.15, -0.1) is 0 Å². The molecule has 0 fully saturated rings. The molecule has 4 heteroatoms. The average molecular weight is 359 g/mol. The van der Waals surface area contributed by atoms with Gasteiger partial charge in [0.25, 0.3) is 0 Å². The lowest BCUT2D eigenvalue weighted by Gasteiger charge is -2.18. The van der Waals surface area contributed by atoms with Crippen molar-refractivity contribution in [1.29, 1.82) is 0 Å². The van der Waals surface area contributed by atoms with Crippen LogP contribution >= 0.6 is 22.6 Å². The van der Waals surface area contributed by atoms with Crippen LogP contribution < -0.4 is 5.32 Å². The first-order chi connectivity index (χ1) is 8.63. The van der Waals surface area contributed by atoms with Gasteiger partial charge in [0, 0.05) is 9.13 Å². The van der Waals surface area contributed by atoms with Crippen molar-refractivity contribution in [2.24, 2.45) is 0 Å². The number of benzene rings is 2. The van der Waals surface area contributed by atoms with E-state index in [1.54, 1.807) is 13.1 Å². The van der Waals surface area contributed by atoms with Crippen molar-refractivity contribution >= 4 is 22.6 Å². The molecule has 2 rings (SSSR count). The summed E-state index contributed by atoms with van der Waals surface area (Å²) in [5, 5.41) is 3.02. The minimum absolute atomic E-state index is 0.319. The van der Waals surface area contributed by atoms with Crippen LogP contribution in [0.15, 0.2) is 42.5 Å². The molecule has 0 aliphatic rings. The molecule has 0 saturated carbocycles. The zero-order valence-electron chi connectivity index (χ0n) is 9.75. The molecular weight excluding hydrogens is 347 g/mol. The summed E-state index contributed by atoms with van der Waals surface area (Å²) in [6.07, 6.45) is 0. The van der Waals surface area contributed by atoms with Crippen LogP contribution in [0, 0.1) is 15.2 Å². The van der Waals surface area contributed by atoms with Gasteiger partial charge in [-0.05, 0) is 53.4 Å². The van der Waals surface area contributed by atoms with Crippen LogP contribution in [0.2, 0.25) is 0 Å². The number of rotatable bonds is 3. The molecular formula is C14H12F2IN. The lowest BCUT2D eigenvalue weighted by atomic mass is 9.98. The highest BCUT2D eigenvalue weighted by molar-refractivity contribution is 14.1. The van der Waals surface area contributed by atoms with E-state index >= 15 is 0 Å². The maximum absolute atomic E-state index is 13.8. The number of nitrogens with one attached hydrogen (secondary N) is 1. The SMILES string of the molecule is CNC(c1cccc(I)c1)c1cccc(F)c1F. The first-order valence-electron chi connectivity index (χ1n) is 5.50. The normalized spacial score (nSPS) is 12.4. The zero-order valence-corrected chi connectivity index (χ0v) is 11.9. The Hall–Kier alpha value is -1.01. The Kier molecular flexibility index (Phi) is 4.29. The smallest absolute Gasteiger partial charge is 0.163 e. The van der Waals surface area contributed by atoms with Crippen molar-refractivity contribution in [3.05, 3.63) is 68.8 Å². The molecule has 0 saturated heterocycles. The molecule has 0 spiro atoms. The van der Waals surface area contributed by atoms with E-state index < -0.39 is 11.6 Å². The zero-order chi connectivity index (χ0) is 13.1. The summed E-state index contributed by atoms with van der Waals surface area (Å²) in [6.45, 7) is 0.